The Hall–Kier alpha value is -1.76. The van der Waals surface area contributed by atoms with Crippen molar-refractivity contribution in [2.45, 2.75) is 76.2 Å². The van der Waals surface area contributed by atoms with Crippen molar-refractivity contribution in [3.63, 3.8) is 0 Å². The third kappa shape index (κ3) is 7.70. The molecule has 0 spiro atoms. The van der Waals surface area contributed by atoms with Crippen molar-refractivity contribution < 1.29 is 23.1 Å². The molecule has 0 aliphatic heterocycles. The maximum Gasteiger partial charge on any atom is 0.407 e. The lowest BCUT2D eigenvalue weighted by molar-refractivity contribution is 0.0527. The normalized spacial score (nSPS) is 16.0. The first-order valence-electron chi connectivity index (χ1n) is 10.1. The second-order valence-electron chi connectivity index (χ2n) is 8.65. The van der Waals surface area contributed by atoms with E-state index in [1.165, 1.54) is 12.5 Å². The quantitative estimate of drug-likeness (QED) is 0.656. The zero-order chi connectivity index (χ0) is 20.8. The molecule has 1 aliphatic rings. The van der Waals surface area contributed by atoms with Gasteiger partial charge in [0.15, 0.2) is 9.84 Å². The molecule has 0 unspecified atom stereocenters. The molecule has 1 fully saturated rings. The summed E-state index contributed by atoms with van der Waals surface area (Å²) in [6.45, 7) is 5.81. The molecule has 0 radical (unpaired) electrons. The number of carbonyl (C=O) groups excluding carboxylic acids is 1. The van der Waals surface area contributed by atoms with Gasteiger partial charge in [0.05, 0.1) is 10.6 Å². The highest BCUT2D eigenvalue weighted by atomic mass is 32.2. The SMILES string of the molecule is CC(C)(C)OC(=O)NCCCc1cc(O)cc(S(=O)(=O)CC2CCCCC2)c1. The van der Waals surface area contributed by atoms with E-state index in [0.29, 0.717) is 19.4 Å². The number of phenols is 1. The fraction of sp³-hybridized carbons (Fsp3) is 0.667. The maximum atomic E-state index is 12.8. The minimum absolute atomic E-state index is 0.0418. The topological polar surface area (TPSA) is 92.7 Å². The summed E-state index contributed by atoms with van der Waals surface area (Å²) in [5.74, 6) is 0.318. The van der Waals surface area contributed by atoms with Crippen LogP contribution < -0.4 is 5.32 Å². The number of rotatable bonds is 7. The van der Waals surface area contributed by atoms with Crippen molar-refractivity contribution in [3.8, 4) is 5.75 Å². The largest absolute Gasteiger partial charge is 0.508 e. The number of carbonyl (C=O) groups is 1. The van der Waals surface area contributed by atoms with Crippen molar-refractivity contribution in [1.29, 1.82) is 0 Å². The molecule has 0 heterocycles. The van der Waals surface area contributed by atoms with Crippen LogP contribution in [0.2, 0.25) is 0 Å². The zero-order valence-corrected chi connectivity index (χ0v) is 18.0. The second-order valence-corrected chi connectivity index (χ2v) is 10.7. The molecule has 7 heteroatoms. The predicted octanol–water partition coefficient (Wildman–Crippen LogP) is 4.20. The third-order valence-corrected chi connectivity index (χ3v) is 6.66. The highest BCUT2D eigenvalue weighted by Crippen LogP contribution is 2.28. The van der Waals surface area contributed by atoms with E-state index in [9.17, 15) is 18.3 Å². The molecule has 1 aromatic rings. The maximum absolute atomic E-state index is 12.8. The highest BCUT2D eigenvalue weighted by Gasteiger charge is 2.24. The lowest BCUT2D eigenvalue weighted by atomic mass is 9.91. The fourth-order valence-electron chi connectivity index (χ4n) is 3.52. The molecular weight excluding hydrogens is 378 g/mol. The van der Waals surface area contributed by atoms with Gasteiger partial charge >= 0.3 is 6.09 Å². The Morgan fingerprint density at radius 3 is 2.50 bits per heavy atom. The monoisotopic (exact) mass is 411 g/mol. The van der Waals surface area contributed by atoms with Gasteiger partial charge in [-0.05, 0) is 76.1 Å². The zero-order valence-electron chi connectivity index (χ0n) is 17.2. The Morgan fingerprint density at radius 1 is 1.18 bits per heavy atom. The van der Waals surface area contributed by atoms with Gasteiger partial charge in [-0.3, -0.25) is 0 Å². The van der Waals surface area contributed by atoms with Gasteiger partial charge < -0.3 is 15.2 Å². The number of aryl methyl sites for hydroxylation is 1. The van der Waals surface area contributed by atoms with Crippen LogP contribution in [0.15, 0.2) is 23.1 Å². The molecule has 1 amide bonds. The van der Waals surface area contributed by atoms with Crippen molar-refractivity contribution >= 4 is 15.9 Å². The first-order valence-corrected chi connectivity index (χ1v) is 11.7. The molecule has 6 nitrogen and oxygen atoms in total. The van der Waals surface area contributed by atoms with Crippen molar-refractivity contribution in [3.05, 3.63) is 23.8 Å². The number of hydrogen-bond donors (Lipinski definition) is 2. The van der Waals surface area contributed by atoms with Gasteiger partial charge in [0, 0.05) is 6.54 Å². The summed E-state index contributed by atoms with van der Waals surface area (Å²) in [4.78, 5) is 11.8. The van der Waals surface area contributed by atoms with Crippen molar-refractivity contribution in [1.82, 2.24) is 5.32 Å². The number of ether oxygens (including phenoxy) is 1. The minimum Gasteiger partial charge on any atom is -0.508 e. The van der Waals surface area contributed by atoms with Crippen LogP contribution in [0.5, 0.6) is 5.75 Å². The van der Waals surface area contributed by atoms with E-state index < -0.39 is 21.5 Å². The third-order valence-electron chi connectivity index (χ3n) is 4.80. The van der Waals surface area contributed by atoms with Gasteiger partial charge in [-0.1, -0.05) is 19.3 Å². The number of amides is 1. The lowest BCUT2D eigenvalue weighted by Gasteiger charge is -2.21. The number of hydrogen-bond acceptors (Lipinski definition) is 5. The minimum atomic E-state index is -3.42. The summed E-state index contributed by atoms with van der Waals surface area (Å²) in [7, 11) is -3.42. The standard InChI is InChI=1S/C21H33NO5S/c1-21(2,3)27-20(24)22-11-7-10-17-12-18(23)14-19(13-17)28(25,26)15-16-8-5-4-6-9-16/h12-14,16,23H,4-11,15H2,1-3H3,(H,22,24). The van der Waals surface area contributed by atoms with E-state index in [4.69, 9.17) is 4.74 Å². The number of aromatic hydroxyl groups is 1. The molecule has 28 heavy (non-hydrogen) atoms. The molecule has 0 bridgehead atoms. The van der Waals surface area contributed by atoms with Crippen LogP contribution in [-0.2, 0) is 21.0 Å². The Morgan fingerprint density at radius 2 is 1.86 bits per heavy atom. The average Bonchev–Trinajstić information content (AvgIpc) is 2.57. The van der Waals surface area contributed by atoms with E-state index in [0.717, 1.165) is 31.2 Å². The summed E-state index contributed by atoms with van der Waals surface area (Å²) in [5.41, 5.74) is 0.199. The van der Waals surface area contributed by atoms with Gasteiger partial charge in [0.25, 0.3) is 0 Å². The van der Waals surface area contributed by atoms with E-state index in [2.05, 4.69) is 5.32 Å². The first-order chi connectivity index (χ1) is 13.0. The van der Waals surface area contributed by atoms with Crippen LogP contribution in [-0.4, -0.2) is 37.5 Å². The van der Waals surface area contributed by atoms with Gasteiger partial charge in [-0.2, -0.15) is 0 Å². The van der Waals surface area contributed by atoms with E-state index in [1.807, 2.05) is 0 Å². The molecule has 1 aromatic carbocycles. The number of nitrogens with one attached hydrogen (secondary N) is 1. The summed E-state index contributed by atoms with van der Waals surface area (Å²) < 4.78 is 30.7. The Kier molecular flexibility index (Phi) is 7.75. The van der Waals surface area contributed by atoms with Gasteiger partial charge in [0.1, 0.15) is 11.4 Å². The highest BCUT2D eigenvalue weighted by molar-refractivity contribution is 7.91. The number of alkyl carbamates (subject to hydrolysis) is 1. The van der Waals surface area contributed by atoms with Crippen molar-refractivity contribution in [2.24, 2.45) is 5.92 Å². The summed E-state index contributed by atoms with van der Waals surface area (Å²) in [6, 6.07) is 4.55. The molecule has 0 saturated heterocycles. The van der Waals surface area contributed by atoms with Gasteiger partial charge in [-0.25, -0.2) is 13.2 Å². The Bertz CT molecular complexity index is 761. The van der Waals surface area contributed by atoms with Crippen LogP contribution in [0.25, 0.3) is 0 Å². The average molecular weight is 412 g/mol. The number of phenolic OH excluding ortho intramolecular Hbond substituents is 1. The lowest BCUT2D eigenvalue weighted by Crippen LogP contribution is -2.33. The first kappa shape index (κ1) is 22.5. The molecule has 1 aliphatic carbocycles. The van der Waals surface area contributed by atoms with Gasteiger partial charge in [0.2, 0.25) is 0 Å². The number of sulfone groups is 1. The van der Waals surface area contributed by atoms with Crippen molar-refractivity contribution in [2.75, 3.05) is 12.3 Å². The number of benzene rings is 1. The molecule has 158 valence electrons. The summed E-state index contributed by atoms with van der Waals surface area (Å²) in [5, 5.41) is 12.7. The van der Waals surface area contributed by atoms with Gasteiger partial charge in [-0.15, -0.1) is 0 Å². The molecule has 0 atom stereocenters. The Balaban J connectivity index is 1.92. The van der Waals surface area contributed by atoms with E-state index in [1.54, 1.807) is 32.9 Å². The molecule has 0 aromatic heterocycles. The molecule has 2 N–H and O–H groups in total. The van der Waals surface area contributed by atoms with E-state index >= 15 is 0 Å². The van der Waals surface area contributed by atoms with Crippen LogP contribution in [0.4, 0.5) is 4.79 Å². The van der Waals surface area contributed by atoms with Crippen LogP contribution in [0.1, 0.15) is 64.9 Å². The smallest absolute Gasteiger partial charge is 0.407 e. The Labute approximate surface area is 168 Å². The molecule has 2 rings (SSSR count). The summed E-state index contributed by atoms with van der Waals surface area (Å²) in [6.07, 6.45) is 5.99. The summed E-state index contributed by atoms with van der Waals surface area (Å²) >= 11 is 0. The van der Waals surface area contributed by atoms with E-state index in [-0.39, 0.29) is 22.3 Å². The second kappa shape index (κ2) is 9.63. The van der Waals surface area contributed by atoms with Crippen LogP contribution in [0.3, 0.4) is 0 Å². The van der Waals surface area contributed by atoms with Crippen LogP contribution in [0, 0.1) is 5.92 Å². The predicted molar refractivity (Wildman–Crippen MR) is 109 cm³/mol. The molecule has 1 saturated carbocycles. The molecular formula is C21H33NO5S. The fourth-order valence-corrected chi connectivity index (χ4v) is 5.30. The van der Waals surface area contributed by atoms with Crippen LogP contribution >= 0.6 is 0 Å².